The van der Waals surface area contributed by atoms with Crippen LogP contribution in [0.1, 0.15) is 110 Å². The summed E-state index contributed by atoms with van der Waals surface area (Å²) in [5, 5.41) is 16.8. The van der Waals surface area contributed by atoms with Crippen molar-refractivity contribution in [1.82, 2.24) is 41.7 Å². The fourth-order valence-electron chi connectivity index (χ4n) is 9.87. The summed E-state index contributed by atoms with van der Waals surface area (Å²) in [5.41, 5.74) is -0.196. The molecule has 4 heterocycles. The first kappa shape index (κ1) is 55.5. The van der Waals surface area contributed by atoms with Gasteiger partial charge >= 0.3 is 0 Å². The molecule has 10 atom stereocenters. The molecule has 4 saturated heterocycles. The Morgan fingerprint density at radius 3 is 1.60 bits per heavy atom. The van der Waals surface area contributed by atoms with Gasteiger partial charge in [0.1, 0.15) is 36.0 Å². The Morgan fingerprint density at radius 2 is 1.14 bits per heavy atom. The molecule has 0 unspecified atom stereocenters. The summed E-state index contributed by atoms with van der Waals surface area (Å²) in [5.74, 6) is 8.68. The number of rotatable bonds is 17. The normalized spacial score (nSPS) is 24.6. The lowest BCUT2D eigenvalue weighted by Crippen LogP contribution is -2.58. The predicted octanol–water partition coefficient (Wildman–Crippen LogP) is 3.84. The molecule has 0 saturated carbocycles. The van der Waals surface area contributed by atoms with Crippen molar-refractivity contribution in [2.75, 3.05) is 31.6 Å². The standard InChI is InChI=1S/C54H70N8O8S2/c1-9-33(2)46(64)58-38-25-29-72-41-32-54(6,7)45(62(41)52(38)70)50(68)60-43(36-22-16-13-17-23-36)48(66)57-27-19-11-10-18-26-56-47(65)42(35-20-14-12-15-21-35)59-49(67)44-53(4,5)31-40-61(44)51(69)37(24-28-71-40)30-39(63)34(3)55-8/h12-17,20-23,33-34,37-38,40-45,55H,9,24-32H2,1-8H3,(H,56,65)(H,57,66)(H,58,64)(H,59,67)(H,60,68)/t33-,34+,37-,38+,40+,41+,42+,43+,44-,45-/m1/s1. The van der Waals surface area contributed by atoms with Gasteiger partial charge in [0, 0.05) is 18.3 Å². The highest BCUT2D eigenvalue weighted by Crippen LogP contribution is 2.48. The third kappa shape index (κ3) is 13.2. The van der Waals surface area contributed by atoms with Crippen LogP contribution in [0.25, 0.3) is 0 Å². The molecule has 0 aliphatic carbocycles. The number of nitrogens with zero attached hydrogens (tertiary/aromatic N) is 2. The third-order valence-electron chi connectivity index (χ3n) is 14.2. The average molecular weight is 1020 g/mol. The largest absolute Gasteiger partial charge is 0.344 e. The van der Waals surface area contributed by atoms with E-state index in [1.165, 1.54) is 0 Å². The van der Waals surface area contributed by atoms with E-state index in [1.54, 1.807) is 108 Å². The van der Waals surface area contributed by atoms with E-state index >= 15 is 0 Å². The third-order valence-corrected chi connectivity index (χ3v) is 16.7. The molecule has 386 valence electrons. The highest BCUT2D eigenvalue weighted by atomic mass is 32.2. The summed E-state index contributed by atoms with van der Waals surface area (Å²) in [6.07, 6.45) is 2.82. The molecule has 7 amide bonds. The number of ketones is 1. The monoisotopic (exact) mass is 1020 g/mol. The second-order valence-electron chi connectivity index (χ2n) is 20.4. The molecule has 0 bridgehead atoms. The minimum atomic E-state index is -1.12. The summed E-state index contributed by atoms with van der Waals surface area (Å²) in [7, 11) is 1.70. The van der Waals surface area contributed by atoms with Crippen molar-refractivity contribution in [2.45, 2.75) is 134 Å². The molecule has 72 heavy (non-hydrogen) atoms. The lowest BCUT2D eigenvalue weighted by Gasteiger charge is -2.35. The fourth-order valence-corrected chi connectivity index (χ4v) is 13.1. The van der Waals surface area contributed by atoms with Gasteiger partial charge in [0.2, 0.25) is 41.4 Å². The van der Waals surface area contributed by atoms with E-state index < -0.39 is 76.6 Å². The van der Waals surface area contributed by atoms with Gasteiger partial charge in [0.05, 0.1) is 29.9 Å². The Morgan fingerprint density at radius 1 is 0.681 bits per heavy atom. The number of amides is 7. The van der Waals surface area contributed by atoms with E-state index in [0.717, 1.165) is 0 Å². The van der Waals surface area contributed by atoms with Crippen molar-refractivity contribution in [2.24, 2.45) is 22.7 Å². The minimum Gasteiger partial charge on any atom is -0.344 e. The SMILES string of the molecule is CC[C@@H](C)C(=O)N[C@H]1CCS[C@H]2CC(C)(C)[C@@H](C(=O)N[C@H](C(=O)NCC#CC#CCNC(=O)[C@@H](NC(=O)[C@H]3N4C(=O)[C@@H](CC(=O)[C@H](C)NC)CCS[C@H]4CC3(C)C)c3ccccc3)c3ccccc3)N2C1=O. The van der Waals surface area contributed by atoms with Crippen LogP contribution in [0, 0.1) is 46.3 Å². The number of thioether (sulfide) groups is 2. The molecule has 4 aliphatic heterocycles. The highest BCUT2D eigenvalue weighted by molar-refractivity contribution is 8.00. The van der Waals surface area contributed by atoms with E-state index in [1.807, 2.05) is 41.5 Å². The Hall–Kier alpha value is -5.82. The quantitative estimate of drug-likeness (QED) is 0.125. The lowest BCUT2D eigenvalue weighted by molar-refractivity contribution is -0.145. The van der Waals surface area contributed by atoms with Crippen molar-refractivity contribution >= 4 is 70.7 Å². The number of carbonyl (C=O) groups excluding carboxylic acids is 8. The van der Waals surface area contributed by atoms with Crippen LogP contribution < -0.4 is 31.9 Å². The van der Waals surface area contributed by atoms with Crippen LogP contribution in [0.3, 0.4) is 0 Å². The van der Waals surface area contributed by atoms with Crippen LogP contribution in [0.5, 0.6) is 0 Å². The van der Waals surface area contributed by atoms with Crippen molar-refractivity contribution in [3.63, 3.8) is 0 Å². The molecule has 6 rings (SSSR count). The summed E-state index contributed by atoms with van der Waals surface area (Å²) in [6, 6.07) is 12.4. The maximum atomic E-state index is 14.4. The van der Waals surface area contributed by atoms with Gasteiger partial charge in [-0.2, -0.15) is 0 Å². The van der Waals surface area contributed by atoms with E-state index in [4.69, 9.17) is 0 Å². The smallest absolute Gasteiger partial charge is 0.247 e. The van der Waals surface area contributed by atoms with Crippen molar-refractivity contribution < 1.29 is 38.4 Å². The van der Waals surface area contributed by atoms with Crippen LogP contribution in [-0.4, -0.2) is 123 Å². The van der Waals surface area contributed by atoms with E-state index in [-0.39, 0.29) is 59.7 Å². The molecule has 16 nitrogen and oxygen atoms in total. The second-order valence-corrected chi connectivity index (χ2v) is 23.0. The van der Waals surface area contributed by atoms with Gasteiger partial charge in [-0.15, -0.1) is 23.5 Å². The Bertz CT molecular complexity index is 2300. The topological polar surface area (TPSA) is 215 Å². The average Bonchev–Trinajstić information content (AvgIpc) is 3.68. The van der Waals surface area contributed by atoms with Crippen molar-refractivity contribution in [3.8, 4) is 23.7 Å². The van der Waals surface area contributed by atoms with E-state index in [2.05, 4.69) is 55.6 Å². The first-order valence-electron chi connectivity index (χ1n) is 24.9. The molecule has 4 aliphatic rings. The number of hydrogen-bond donors (Lipinski definition) is 6. The van der Waals surface area contributed by atoms with Crippen LogP contribution in [0.15, 0.2) is 60.7 Å². The Labute approximate surface area is 432 Å². The van der Waals surface area contributed by atoms with Crippen LogP contribution in [0.4, 0.5) is 0 Å². The summed E-state index contributed by atoms with van der Waals surface area (Å²) in [4.78, 5) is 114. The molecule has 0 spiro atoms. The molecule has 2 aromatic rings. The number of likely N-dealkylation sites (N-methyl/N-ethyl adjacent to an activating group) is 1. The van der Waals surface area contributed by atoms with Gasteiger partial charge in [-0.3, -0.25) is 38.4 Å². The van der Waals surface area contributed by atoms with Gasteiger partial charge in [-0.05, 0) is 91.4 Å². The van der Waals surface area contributed by atoms with Gasteiger partial charge in [-0.25, -0.2) is 0 Å². The Kier molecular flexibility index (Phi) is 19.1. The first-order chi connectivity index (χ1) is 34.3. The van der Waals surface area contributed by atoms with Crippen LogP contribution in [0.2, 0.25) is 0 Å². The molecule has 2 aromatic carbocycles. The van der Waals surface area contributed by atoms with Gasteiger partial charge < -0.3 is 41.7 Å². The number of Topliss-reactive ketones (excluding diaryl/α,β-unsaturated/α-hetero) is 1. The molecule has 0 aromatic heterocycles. The Balaban J connectivity index is 1.08. The highest BCUT2D eigenvalue weighted by Gasteiger charge is 2.56. The van der Waals surface area contributed by atoms with Crippen LogP contribution in [-0.2, 0) is 38.4 Å². The number of hydrogen-bond acceptors (Lipinski definition) is 11. The summed E-state index contributed by atoms with van der Waals surface area (Å²) < 4.78 is 0. The lowest BCUT2D eigenvalue weighted by atomic mass is 9.83. The van der Waals surface area contributed by atoms with Crippen molar-refractivity contribution in [1.29, 1.82) is 0 Å². The number of fused-ring (bicyclic) bond motifs is 2. The van der Waals surface area contributed by atoms with E-state index in [0.29, 0.717) is 54.7 Å². The summed E-state index contributed by atoms with van der Waals surface area (Å²) in [6.45, 7) is 13.0. The second kappa shape index (κ2) is 24.7. The van der Waals surface area contributed by atoms with Crippen LogP contribution >= 0.6 is 23.5 Å². The molecule has 18 heteroatoms. The predicted molar refractivity (Wildman–Crippen MR) is 279 cm³/mol. The number of nitrogens with one attached hydrogen (secondary N) is 6. The van der Waals surface area contributed by atoms with Gasteiger partial charge in [-0.1, -0.05) is 114 Å². The van der Waals surface area contributed by atoms with Gasteiger partial charge in [0.15, 0.2) is 0 Å². The fraction of sp³-hybridized carbons (Fsp3) is 0.556. The first-order valence-corrected chi connectivity index (χ1v) is 27.0. The maximum Gasteiger partial charge on any atom is 0.247 e. The maximum absolute atomic E-state index is 14.4. The minimum absolute atomic E-state index is 0.0636. The molecule has 6 N–H and O–H groups in total. The zero-order valence-corrected chi connectivity index (χ0v) is 44.2. The number of carbonyl (C=O) groups is 8. The number of benzene rings is 2. The zero-order valence-electron chi connectivity index (χ0n) is 42.6. The molecular formula is C54H70N8O8S2. The van der Waals surface area contributed by atoms with E-state index in [9.17, 15) is 38.4 Å². The van der Waals surface area contributed by atoms with Gasteiger partial charge in [0.25, 0.3) is 0 Å². The van der Waals surface area contributed by atoms with Crippen molar-refractivity contribution in [3.05, 3.63) is 71.8 Å². The molecule has 0 radical (unpaired) electrons. The molecular weight excluding hydrogens is 953 g/mol. The summed E-state index contributed by atoms with van der Waals surface area (Å²) >= 11 is 3.21. The zero-order chi connectivity index (χ0) is 52.3. The molecule has 4 fully saturated rings.